The average molecular weight is 895 g/mol. The molecule has 3 N–H and O–H groups in total. The molecule has 2 aliphatic carbocycles. The molecule has 0 aliphatic heterocycles. The zero-order chi connectivity index (χ0) is 46.5. The van der Waals surface area contributed by atoms with Crippen molar-refractivity contribution in [1.29, 1.82) is 0 Å². The van der Waals surface area contributed by atoms with Gasteiger partial charge in [0, 0.05) is 32.2 Å². The van der Waals surface area contributed by atoms with Crippen LogP contribution in [0.5, 0.6) is 11.5 Å². The summed E-state index contributed by atoms with van der Waals surface area (Å²) in [5, 5.41) is 17.3. The van der Waals surface area contributed by atoms with Crippen LogP contribution in [-0.2, 0) is 39.3 Å². The summed E-state index contributed by atoms with van der Waals surface area (Å²) in [5.74, 6) is 3.14. The number of aliphatic hydroxyl groups excluding tert-OH is 1. The lowest BCUT2D eigenvalue weighted by molar-refractivity contribution is 0.171. The number of benzene rings is 2. The predicted octanol–water partition coefficient (Wildman–Crippen LogP) is 5.86. The van der Waals surface area contributed by atoms with Crippen molar-refractivity contribution >= 4 is 34.2 Å². The first kappa shape index (κ1) is 46.9. The topological polar surface area (TPSA) is 186 Å². The average Bonchev–Trinajstić information content (AvgIpc) is 4.10. The van der Waals surface area contributed by atoms with Gasteiger partial charge in [0.2, 0.25) is 11.9 Å². The summed E-state index contributed by atoms with van der Waals surface area (Å²) in [4.78, 5) is 62.7. The van der Waals surface area contributed by atoms with Crippen molar-refractivity contribution in [3.05, 3.63) is 101 Å². The van der Waals surface area contributed by atoms with Gasteiger partial charge in [0.25, 0.3) is 11.1 Å². The van der Waals surface area contributed by atoms with Crippen LogP contribution >= 0.6 is 0 Å². The molecular weight excluding hydrogens is 829 g/mol. The molecule has 2 saturated carbocycles. The molecular formula is C48H66N10O7. The molecule has 4 aromatic heterocycles. The summed E-state index contributed by atoms with van der Waals surface area (Å²) >= 11 is 0. The van der Waals surface area contributed by atoms with E-state index in [1.165, 1.54) is 22.0 Å². The number of methoxy groups -OCH3 is 2. The summed E-state index contributed by atoms with van der Waals surface area (Å²) < 4.78 is 20.2. The summed E-state index contributed by atoms with van der Waals surface area (Å²) in [6.45, 7) is 14.3. The first-order chi connectivity index (χ1) is 31.3. The van der Waals surface area contributed by atoms with Crippen LogP contribution < -0.4 is 42.6 Å². The molecule has 2 aliphatic rings. The van der Waals surface area contributed by atoms with E-state index in [4.69, 9.17) is 19.4 Å². The molecule has 17 nitrogen and oxygen atoms in total. The van der Waals surface area contributed by atoms with Crippen LogP contribution in [0.25, 0.3) is 22.3 Å². The van der Waals surface area contributed by atoms with Crippen LogP contribution in [0.2, 0.25) is 0 Å². The molecule has 2 fully saturated rings. The van der Waals surface area contributed by atoms with Gasteiger partial charge in [-0.05, 0) is 93.2 Å². The van der Waals surface area contributed by atoms with Crippen molar-refractivity contribution in [3.63, 3.8) is 0 Å². The fraction of sp³-hybridized carbons (Fsp3) is 0.542. The summed E-state index contributed by atoms with van der Waals surface area (Å²) in [5.41, 5.74) is 2.44. The van der Waals surface area contributed by atoms with E-state index < -0.39 is 6.10 Å². The molecule has 0 bridgehead atoms. The number of ether oxygens (including phenoxy) is 2. The minimum absolute atomic E-state index is 0.143. The number of rotatable bonds is 16. The Kier molecular flexibility index (Phi) is 14.7. The minimum atomic E-state index is -0.468. The first-order valence-corrected chi connectivity index (χ1v) is 23.2. The second kappa shape index (κ2) is 20.4. The third-order valence-electron chi connectivity index (χ3n) is 12.4. The fourth-order valence-electron chi connectivity index (χ4n) is 9.08. The molecule has 0 saturated heterocycles. The van der Waals surface area contributed by atoms with Gasteiger partial charge >= 0.3 is 11.4 Å². The third-order valence-corrected chi connectivity index (χ3v) is 12.4. The van der Waals surface area contributed by atoms with Gasteiger partial charge in [0.1, 0.15) is 11.5 Å². The third kappa shape index (κ3) is 9.94. The van der Waals surface area contributed by atoms with Crippen LogP contribution in [0.1, 0.15) is 97.6 Å². The lowest BCUT2D eigenvalue weighted by Gasteiger charge is -2.18. The van der Waals surface area contributed by atoms with Crippen LogP contribution in [-0.4, -0.2) is 74.9 Å². The maximum Gasteiger partial charge on any atom is 0.332 e. The number of hydrogen-bond acceptors (Lipinski definition) is 11. The Hall–Kier alpha value is -6.10. The molecule has 8 rings (SSSR count). The molecule has 2 atom stereocenters. The Labute approximate surface area is 378 Å². The van der Waals surface area contributed by atoms with Crippen LogP contribution in [0.15, 0.2) is 67.7 Å². The lowest BCUT2D eigenvalue weighted by Crippen LogP contribution is -2.40. The molecule has 17 heteroatoms. The van der Waals surface area contributed by atoms with Gasteiger partial charge in [-0.25, -0.2) is 9.59 Å². The number of aliphatic hydroxyl groups is 1. The monoisotopic (exact) mass is 895 g/mol. The van der Waals surface area contributed by atoms with Crippen LogP contribution in [0, 0.1) is 11.8 Å². The molecule has 6 aromatic rings. The van der Waals surface area contributed by atoms with Gasteiger partial charge in [0.05, 0.1) is 39.5 Å². The number of imidazole rings is 2. The van der Waals surface area contributed by atoms with Gasteiger partial charge in [0.15, 0.2) is 22.3 Å². The minimum Gasteiger partial charge on any atom is -0.497 e. The Morgan fingerprint density at radius 1 is 0.600 bits per heavy atom. The van der Waals surface area contributed by atoms with E-state index in [0.717, 1.165) is 54.7 Å². The summed E-state index contributed by atoms with van der Waals surface area (Å²) in [7, 11) is 3.26. The second-order valence-electron chi connectivity index (χ2n) is 18.1. The van der Waals surface area contributed by atoms with Gasteiger partial charge in [-0.2, -0.15) is 9.97 Å². The highest BCUT2D eigenvalue weighted by Gasteiger charge is 2.29. The zero-order valence-corrected chi connectivity index (χ0v) is 39.2. The molecule has 65 heavy (non-hydrogen) atoms. The largest absolute Gasteiger partial charge is 0.497 e. The van der Waals surface area contributed by atoms with E-state index in [-0.39, 0.29) is 46.9 Å². The SMILES string of the molecule is CCn1c(=O)c2c(nc(NC3CCCC3)n2Cc2ccc(OC)cc2)n(CC(C)C)c1=O.CCn1c(=O)c2c(nc(NC3CCCC3O)n2Cc2ccc(OC)cc2)n(CC(C)C)c1=O. The van der Waals surface area contributed by atoms with Crippen molar-refractivity contribution in [2.75, 3.05) is 24.9 Å². The van der Waals surface area contributed by atoms with Gasteiger partial charge < -0.3 is 25.2 Å². The number of nitrogens with zero attached hydrogens (tertiary/aromatic N) is 8. The molecule has 2 unspecified atom stereocenters. The number of nitrogens with one attached hydrogen (secondary N) is 2. The quantitative estimate of drug-likeness (QED) is 0.106. The normalized spacial score (nSPS) is 16.5. The van der Waals surface area contributed by atoms with Crippen molar-refractivity contribution in [1.82, 2.24) is 37.4 Å². The zero-order valence-electron chi connectivity index (χ0n) is 39.2. The van der Waals surface area contributed by atoms with Crippen molar-refractivity contribution in [3.8, 4) is 11.5 Å². The van der Waals surface area contributed by atoms with Crippen molar-refractivity contribution in [2.45, 2.75) is 144 Å². The van der Waals surface area contributed by atoms with Crippen molar-refractivity contribution in [2.24, 2.45) is 11.8 Å². The molecule has 0 amide bonds. The van der Waals surface area contributed by atoms with E-state index in [2.05, 4.69) is 24.5 Å². The van der Waals surface area contributed by atoms with Gasteiger partial charge in [-0.1, -0.05) is 64.8 Å². The molecule has 2 aromatic carbocycles. The summed E-state index contributed by atoms with van der Waals surface area (Å²) in [6.07, 6.45) is 6.58. The lowest BCUT2D eigenvalue weighted by atomic mass is 10.2. The Balaban J connectivity index is 0.000000194. The van der Waals surface area contributed by atoms with Crippen LogP contribution in [0.3, 0.4) is 0 Å². The number of aromatic nitrogens is 8. The van der Waals surface area contributed by atoms with E-state index in [0.29, 0.717) is 73.0 Å². The Morgan fingerprint density at radius 2 is 1.03 bits per heavy atom. The van der Waals surface area contributed by atoms with E-state index in [9.17, 15) is 24.3 Å². The fourth-order valence-corrected chi connectivity index (χ4v) is 9.08. The van der Waals surface area contributed by atoms with Gasteiger partial charge in [-0.3, -0.25) is 37.0 Å². The predicted molar refractivity (Wildman–Crippen MR) is 255 cm³/mol. The molecule has 4 heterocycles. The standard InChI is InChI=1S/C24H33N5O4.C24H33N5O3/c1-5-27-22(31)20-21(29(24(27)32)13-15(2)3)26-23(25-18-7-6-8-19(18)30)28(20)14-16-9-11-17(33-4)12-10-16;1-5-27-22(30)20-21(29(24(27)31)14-16(2)3)26-23(25-18-8-6-7-9-18)28(20)15-17-10-12-19(32-4)13-11-17/h9-12,15,18-19,30H,5-8,13-14H2,1-4H3,(H,25,26);10-13,16,18H,5-9,14-15H2,1-4H3,(H,25,26). The number of hydrogen-bond donors (Lipinski definition) is 3. The maximum atomic E-state index is 13.4. The Bertz CT molecular complexity index is 2820. The van der Waals surface area contributed by atoms with Crippen LogP contribution in [0.4, 0.5) is 11.9 Å². The van der Waals surface area contributed by atoms with Gasteiger partial charge in [-0.15, -0.1) is 0 Å². The molecule has 0 spiro atoms. The first-order valence-electron chi connectivity index (χ1n) is 23.2. The van der Waals surface area contributed by atoms with E-state index >= 15 is 0 Å². The number of fused-ring (bicyclic) bond motifs is 2. The van der Waals surface area contributed by atoms with E-state index in [1.807, 2.05) is 78.4 Å². The highest BCUT2D eigenvalue weighted by molar-refractivity contribution is 5.75. The van der Waals surface area contributed by atoms with E-state index in [1.54, 1.807) is 30.3 Å². The second-order valence-corrected chi connectivity index (χ2v) is 18.1. The maximum absolute atomic E-state index is 13.4. The highest BCUT2D eigenvalue weighted by atomic mass is 16.5. The highest BCUT2D eigenvalue weighted by Crippen LogP contribution is 2.28. The molecule has 0 radical (unpaired) electrons. The van der Waals surface area contributed by atoms with Crippen molar-refractivity contribution < 1.29 is 14.6 Å². The number of anilines is 2. The smallest absolute Gasteiger partial charge is 0.332 e. The summed E-state index contributed by atoms with van der Waals surface area (Å²) in [6, 6.07) is 15.6. The Morgan fingerprint density at radius 3 is 1.40 bits per heavy atom. The molecule has 350 valence electrons.